The lowest BCUT2D eigenvalue weighted by atomic mass is 10.0. The zero-order chi connectivity index (χ0) is 26.9. The fourth-order valence-electron chi connectivity index (χ4n) is 5.11. The second-order valence-electron chi connectivity index (χ2n) is 9.62. The van der Waals surface area contributed by atoms with Gasteiger partial charge in [0.2, 0.25) is 11.8 Å². The summed E-state index contributed by atoms with van der Waals surface area (Å²) in [4.78, 5) is 28.7. The third kappa shape index (κ3) is 6.84. The molecule has 0 unspecified atom stereocenters. The van der Waals surface area contributed by atoms with Gasteiger partial charge < -0.3 is 29.2 Å². The summed E-state index contributed by atoms with van der Waals surface area (Å²) in [7, 11) is 1.55. The van der Waals surface area contributed by atoms with E-state index in [-0.39, 0.29) is 36.9 Å². The first kappa shape index (κ1) is 27.9. The van der Waals surface area contributed by atoms with Crippen LogP contribution in [-0.2, 0) is 9.59 Å². The third-order valence-electron chi connectivity index (χ3n) is 6.97. The van der Waals surface area contributed by atoms with Crippen molar-refractivity contribution in [3.8, 4) is 23.0 Å². The molecule has 0 radical (unpaired) electrons. The Labute approximate surface area is 229 Å². The normalized spacial score (nSPS) is 18.1. The summed E-state index contributed by atoms with van der Waals surface area (Å²) in [6.07, 6.45) is 5.85. The van der Waals surface area contributed by atoms with Crippen molar-refractivity contribution in [1.29, 1.82) is 0 Å². The molecule has 8 nitrogen and oxygen atoms in total. The number of carbonyl (C=O) groups is 2. The standard InChI is InChI=1S/C29H37ClN2O6/c1-3-36-24-15-14-20(16-26(24)35-2)28(29(34)31-21-10-6-4-5-7-11-21)32(27(33)17-30)18-22-19-37-23-12-8-9-13-25(23)38-22/h8-9,12-16,21-22,28H,3-7,10-11,17-19H2,1-2H3,(H,31,34)/t22-,28+/m0/s1. The molecule has 206 valence electrons. The van der Waals surface area contributed by atoms with Crippen molar-refractivity contribution in [3.63, 3.8) is 0 Å². The second-order valence-corrected chi connectivity index (χ2v) is 9.89. The van der Waals surface area contributed by atoms with Gasteiger partial charge in [0.15, 0.2) is 29.1 Å². The lowest BCUT2D eigenvalue weighted by Crippen LogP contribution is -2.51. The van der Waals surface area contributed by atoms with E-state index in [1.54, 1.807) is 25.3 Å². The molecule has 0 saturated heterocycles. The first-order valence-electron chi connectivity index (χ1n) is 13.4. The monoisotopic (exact) mass is 544 g/mol. The lowest BCUT2D eigenvalue weighted by Gasteiger charge is -2.36. The van der Waals surface area contributed by atoms with Gasteiger partial charge in [-0.15, -0.1) is 11.6 Å². The summed E-state index contributed by atoms with van der Waals surface area (Å²) >= 11 is 6.08. The largest absolute Gasteiger partial charge is 0.493 e. The summed E-state index contributed by atoms with van der Waals surface area (Å²) in [5.41, 5.74) is 0.604. The van der Waals surface area contributed by atoms with Gasteiger partial charge in [-0.05, 0) is 49.6 Å². The molecule has 2 aromatic carbocycles. The number of benzene rings is 2. The minimum absolute atomic E-state index is 0.0613. The van der Waals surface area contributed by atoms with Gasteiger partial charge in [-0.2, -0.15) is 0 Å². The van der Waals surface area contributed by atoms with Crippen molar-refractivity contribution in [2.75, 3.05) is 32.7 Å². The maximum absolute atomic E-state index is 13.9. The molecule has 9 heteroatoms. The molecule has 0 spiro atoms. The van der Waals surface area contributed by atoms with Gasteiger partial charge in [-0.3, -0.25) is 9.59 Å². The number of amides is 2. The first-order valence-corrected chi connectivity index (χ1v) is 13.9. The zero-order valence-electron chi connectivity index (χ0n) is 22.1. The lowest BCUT2D eigenvalue weighted by molar-refractivity contribution is -0.141. The van der Waals surface area contributed by atoms with Crippen LogP contribution in [-0.4, -0.2) is 61.6 Å². The van der Waals surface area contributed by atoms with Gasteiger partial charge in [-0.1, -0.05) is 43.9 Å². The number of halogens is 1. The highest BCUT2D eigenvalue weighted by Gasteiger charge is 2.36. The molecule has 1 aliphatic carbocycles. The Morgan fingerprint density at radius 2 is 1.82 bits per heavy atom. The maximum atomic E-state index is 13.9. The molecule has 1 heterocycles. The topological polar surface area (TPSA) is 86.3 Å². The number of rotatable bonds is 10. The van der Waals surface area contributed by atoms with E-state index in [0.29, 0.717) is 35.2 Å². The molecular formula is C29H37ClN2O6. The van der Waals surface area contributed by atoms with Gasteiger partial charge in [0, 0.05) is 6.04 Å². The Morgan fingerprint density at radius 3 is 2.50 bits per heavy atom. The van der Waals surface area contributed by atoms with Crippen LogP contribution in [0.2, 0.25) is 0 Å². The van der Waals surface area contributed by atoms with Crippen LogP contribution < -0.4 is 24.3 Å². The molecule has 0 bridgehead atoms. The molecular weight excluding hydrogens is 508 g/mol. The van der Waals surface area contributed by atoms with E-state index in [1.807, 2.05) is 31.2 Å². The van der Waals surface area contributed by atoms with Gasteiger partial charge >= 0.3 is 0 Å². The van der Waals surface area contributed by atoms with Crippen molar-refractivity contribution >= 4 is 23.4 Å². The highest BCUT2D eigenvalue weighted by Crippen LogP contribution is 2.35. The number of nitrogens with zero attached hydrogens (tertiary/aromatic N) is 1. The molecule has 2 aliphatic rings. The van der Waals surface area contributed by atoms with E-state index >= 15 is 0 Å². The van der Waals surface area contributed by atoms with Crippen molar-refractivity contribution in [2.45, 2.75) is 63.6 Å². The van der Waals surface area contributed by atoms with Crippen LogP contribution in [0.5, 0.6) is 23.0 Å². The van der Waals surface area contributed by atoms with Crippen LogP contribution >= 0.6 is 11.6 Å². The van der Waals surface area contributed by atoms with Crippen LogP contribution in [0, 0.1) is 0 Å². The van der Waals surface area contributed by atoms with Crippen LogP contribution in [0.15, 0.2) is 42.5 Å². The number of para-hydroxylation sites is 2. The maximum Gasteiger partial charge on any atom is 0.247 e. The molecule has 2 aromatic rings. The fourth-order valence-corrected chi connectivity index (χ4v) is 5.26. The van der Waals surface area contributed by atoms with Crippen molar-refractivity contribution < 1.29 is 28.5 Å². The van der Waals surface area contributed by atoms with E-state index in [2.05, 4.69) is 5.32 Å². The number of hydrogen-bond donors (Lipinski definition) is 1. The van der Waals surface area contributed by atoms with Gasteiger partial charge in [-0.25, -0.2) is 0 Å². The van der Waals surface area contributed by atoms with E-state index in [1.165, 1.54) is 17.7 Å². The molecule has 2 amide bonds. The van der Waals surface area contributed by atoms with Crippen LogP contribution in [0.4, 0.5) is 0 Å². The number of methoxy groups -OCH3 is 1. The smallest absolute Gasteiger partial charge is 0.247 e. The van der Waals surface area contributed by atoms with E-state index < -0.39 is 12.1 Å². The van der Waals surface area contributed by atoms with Crippen molar-refractivity contribution in [3.05, 3.63) is 48.0 Å². The van der Waals surface area contributed by atoms with Crippen molar-refractivity contribution in [2.24, 2.45) is 0 Å². The van der Waals surface area contributed by atoms with Crippen LogP contribution in [0.3, 0.4) is 0 Å². The summed E-state index contributed by atoms with van der Waals surface area (Å²) in [5.74, 6) is 1.41. The number of ether oxygens (including phenoxy) is 4. The van der Waals surface area contributed by atoms with Gasteiger partial charge in [0.1, 0.15) is 18.5 Å². The average molecular weight is 545 g/mol. The SMILES string of the molecule is CCOc1ccc([C@H](C(=O)NC2CCCCCC2)N(C[C@H]2COc3ccccc3O2)C(=O)CCl)cc1OC. The average Bonchev–Trinajstić information content (AvgIpc) is 3.21. The van der Waals surface area contributed by atoms with Gasteiger partial charge in [0.05, 0.1) is 20.3 Å². The Kier molecular flexibility index (Phi) is 9.98. The quantitative estimate of drug-likeness (QED) is 0.339. The molecule has 1 aliphatic heterocycles. The number of hydrogen-bond acceptors (Lipinski definition) is 6. The molecule has 1 saturated carbocycles. The summed E-state index contributed by atoms with van der Waals surface area (Å²) in [5, 5.41) is 3.23. The molecule has 2 atom stereocenters. The van der Waals surface area contributed by atoms with E-state index in [0.717, 1.165) is 25.7 Å². The third-order valence-corrected chi connectivity index (χ3v) is 7.20. The zero-order valence-corrected chi connectivity index (χ0v) is 22.9. The Morgan fingerprint density at radius 1 is 1.08 bits per heavy atom. The predicted molar refractivity (Wildman–Crippen MR) is 145 cm³/mol. The van der Waals surface area contributed by atoms with E-state index in [4.69, 9.17) is 30.5 Å². The molecule has 1 fully saturated rings. The Balaban J connectivity index is 1.66. The fraction of sp³-hybridized carbons (Fsp3) is 0.517. The summed E-state index contributed by atoms with van der Waals surface area (Å²) in [6.45, 7) is 2.73. The second kappa shape index (κ2) is 13.6. The summed E-state index contributed by atoms with van der Waals surface area (Å²) in [6, 6.07) is 11.8. The van der Waals surface area contributed by atoms with E-state index in [9.17, 15) is 9.59 Å². The molecule has 4 rings (SSSR count). The number of fused-ring (bicyclic) bond motifs is 1. The minimum Gasteiger partial charge on any atom is -0.493 e. The minimum atomic E-state index is -0.935. The Bertz CT molecular complexity index is 1090. The number of nitrogens with one attached hydrogen (secondary N) is 1. The predicted octanol–water partition coefficient (Wildman–Crippen LogP) is 4.88. The molecule has 0 aromatic heterocycles. The number of alkyl halides is 1. The Hall–Kier alpha value is -3.13. The highest BCUT2D eigenvalue weighted by atomic mass is 35.5. The summed E-state index contributed by atoms with van der Waals surface area (Å²) < 4.78 is 23.3. The number of carbonyl (C=O) groups excluding carboxylic acids is 2. The molecule has 38 heavy (non-hydrogen) atoms. The highest BCUT2D eigenvalue weighted by molar-refractivity contribution is 6.27. The van der Waals surface area contributed by atoms with Crippen LogP contribution in [0.25, 0.3) is 0 Å². The van der Waals surface area contributed by atoms with Crippen LogP contribution in [0.1, 0.15) is 57.1 Å². The van der Waals surface area contributed by atoms with Gasteiger partial charge in [0.25, 0.3) is 0 Å². The molecule has 1 N–H and O–H groups in total. The first-order chi connectivity index (χ1) is 18.5. The van der Waals surface area contributed by atoms with Crippen molar-refractivity contribution in [1.82, 2.24) is 10.2 Å².